The van der Waals surface area contributed by atoms with Crippen molar-refractivity contribution in [3.63, 3.8) is 0 Å². The summed E-state index contributed by atoms with van der Waals surface area (Å²) in [6.07, 6.45) is 6.22. The molecule has 2 heterocycles. The van der Waals surface area contributed by atoms with E-state index >= 15 is 0 Å². The Morgan fingerprint density at radius 1 is 1.10 bits per heavy atom. The summed E-state index contributed by atoms with van der Waals surface area (Å²) >= 11 is 0. The molecule has 0 fully saturated rings. The van der Waals surface area contributed by atoms with Gasteiger partial charge in [0.2, 0.25) is 0 Å². The molecule has 100 valence electrons. The van der Waals surface area contributed by atoms with Gasteiger partial charge in [-0.05, 0) is 24.1 Å². The Bertz CT molecular complexity index is 715. The molecule has 0 aliphatic carbocycles. The first-order chi connectivity index (χ1) is 9.76. The smallest absolute Gasteiger partial charge is 0.156 e. The number of anilines is 1. The van der Waals surface area contributed by atoms with E-state index in [2.05, 4.69) is 22.0 Å². The van der Waals surface area contributed by atoms with Gasteiger partial charge in [-0.1, -0.05) is 19.1 Å². The van der Waals surface area contributed by atoms with Gasteiger partial charge in [0.15, 0.2) is 5.82 Å². The Kier molecular flexibility index (Phi) is 3.16. The van der Waals surface area contributed by atoms with Gasteiger partial charge in [-0.25, -0.2) is 14.6 Å². The summed E-state index contributed by atoms with van der Waals surface area (Å²) in [4.78, 5) is 8.44. The van der Waals surface area contributed by atoms with Crippen molar-refractivity contribution in [2.75, 3.05) is 5.73 Å². The van der Waals surface area contributed by atoms with Gasteiger partial charge in [0.1, 0.15) is 6.33 Å². The second-order valence-electron chi connectivity index (χ2n) is 4.52. The molecule has 0 spiro atoms. The molecule has 5 heteroatoms. The van der Waals surface area contributed by atoms with Crippen LogP contribution in [0, 0.1) is 0 Å². The van der Waals surface area contributed by atoms with Crippen LogP contribution in [0.25, 0.3) is 16.9 Å². The van der Waals surface area contributed by atoms with Gasteiger partial charge in [-0.3, -0.25) is 0 Å². The SMILES string of the molecule is CCc1cc(-n2cc(-c3ccc(N)cc3)cn2)ncn1. The van der Waals surface area contributed by atoms with Gasteiger partial charge in [0.05, 0.1) is 6.20 Å². The highest BCUT2D eigenvalue weighted by atomic mass is 15.3. The van der Waals surface area contributed by atoms with E-state index in [1.807, 2.05) is 42.7 Å². The molecule has 1 aromatic carbocycles. The van der Waals surface area contributed by atoms with Gasteiger partial charge >= 0.3 is 0 Å². The molecule has 0 saturated heterocycles. The molecule has 0 saturated carbocycles. The second-order valence-corrected chi connectivity index (χ2v) is 4.52. The molecule has 0 atom stereocenters. The van der Waals surface area contributed by atoms with Crippen LogP contribution >= 0.6 is 0 Å². The Hall–Kier alpha value is -2.69. The lowest BCUT2D eigenvalue weighted by molar-refractivity contribution is 0.828. The van der Waals surface area contributed by atoms with Gasteiger partial charge < -0.3 is 5.73 Å². The minimum Gasteiger partial charge on any atom is -0.399 e. The van der Waals surface area contributed by atoms with E-state index < -0.39 is 0 Å². The lowest BCUT2D eigenvalue weighted by Crippen LogP contribution is -2.00. The fraction of sp³-hybridized carbons (Fsp3) is 0.133. The number of nitrogen functional groups attached to an aromatic ring is 1. The fourth-order valence-electron chi connectivity index (χ4n) is 1.98. The molecule has 0 amide bonds. The Labute approximate surface area is 117 Å². The monoisotopic (exact) mass is 265 g/mol. The number of rotatable bonds is 3. The zero-order valence-electron chi connectivity index (χ0n) is 11.2. The summed E-state index contributed by atoms with van der Waals surface area (Å²) in [5.41, 5.74) is 9.56. The highest BCUT2D eigenvalue weighted by Crippen LogP contribution is 2.20. The van der Waals surface area contributed by atoms with Gasteiger partial charge in [-0.2, -0.15) is 5.10 Å². The van der Waals surface area contributed by atoms with Crippen LogP contribution in [0.3, 0.4) is 0 Å². The third kappa shape index (κ3) is 2.38. The van der Waals surface area contributed by atoms with Crippen molar-refractivity contribution in [1.82, 2.24) is 19.7 Å². The molecular weight excluding hydrogens is 250 g/mol. The fourth-order valence-corrected chi connectivity index (χ4v) is 1.98. The van der Waals surface area contributed by atoms with E-state index in [0.717, 1.165) is 34.7 Å². The van der Waals surface area contributed by atoms with Crippen molar-refractivity contribution < 1.29 is 0 Å². The molecule has 0 radical (unpaired) electrons. The summed E-state index contributed by atoms with van der Waals surface area (Å²) in [6, 6.07) is 9.67. The summed E-state index contributed by atoms with van der Waals surface area (Å²) < 4.78 is 1.76. The van der Waals surface area contributed by atoms with Crippen LogP contribution in [0.2, 0.25) is 0 Å². The number of nitrogens with zero attached hydrogens (tertiary/aromatic N) is 4. The van der Waals surface area contributed by atoms with Crippen molar-refractivity contribution in [3.05, 3.63) is 54.7 Å². The molecule has 0 aliphatic heterocycles. The molecule has 3 rings (SSSR count). The second kappa shape index (κ2) is 5.13. The zero-order valence-corrected chi connectivity index (χ0v) is 11.2. The Morgan fingerprint density at radius 3 is 2.65 bits per heavy atom. The first-order valence-corrected chi connectivity index (χ1v) is 6.48. The highest BCUT2D eigenvalue weighted by molar-refractivity contribution is 5.64. The molecule has 5 nitrogen and oxygen atoms in total. The van der Waals surface area contributed by atoms with Crippen LogP contribution in [0.1, 0.15) is 12.6 Å². The van der Waals surface area contributed by atoms with E-state index in [1.165, 1.54) is 0 Å². The summed E-state index contributed by atoms with van der Waals surface area (Å²) in [7, 11) is 0. The van der Waals surface area contributed by atoms with Crippen LogP contribution in [0.5, 0.6) is 0 Å². The van der Waals surface area contributed by atoms with E-state index in [4.69, 9.17) is 5.73 Å². The molecule has 0 bridgehead atoms. The number of aromatic nitrogens is 4. The van der Waals surface area contributed by atoms with E-state index in [-0.39, 0.29) is 0 Å². The molecule has 2 N–H and O–H groups in total. The normalized spacial score (nSPS) is 10.7. The van der Waals surface area contributed by atoms with Crippen LogP contribution in [0.4, 0.5) is 5.69 Å². The van der Waals surface area contributed by atoms with Crippen molar-refractivity contribution in [3.8, 4) is 16.9 Å². The van der Waals surface area contributed by atoms with Crippen molar-refractivity contribution in [1.29, 1.82) is 0 Å². The quantitative estimate of drug-likeness (QED) is 0.739. The lowest BCUT2D eigenvalue weighted by Gasteiger charge is -2.01. The summed E-state index contributed by atoms with van der Waals surface area (Å²) in [6.45, 7) is 2.06. The minimum absolute atomic E-state index is 0.754. The van der Waals surface area contributed by atoms with Crippen LogP contribution in [0.15, 0.2) is 49.1 Å². The number of aryl methyl sites for hydroxylation is 1. The average molecular weight is 265 g/mol. The van der Waals surface area contributed by atoms with Crippen molar-refractivity contribution >= 4 is 5.69 Å². The van der Waals surface area contributed by atoms with E-state index in [1.54, 1.807) is 11.0 Å². The zero-order chi connectivity index (χ0) is 13.9. The molecule has 0 unspecified atom stereocenters. The maximum absolute atomic E-state index is 5.70. The summed E-state index contributed by atoms with van der Waals surface area (Å²) in [5, 5.41) is 4.36. The van der Waals surface area contributed by atoms with Crippen LogP contribution < -0.4 is 5.73 Å². The number of hydrogen-bond acceptors (Lipinski definition) is 4. The van der Waals surface area contributed by atoms with E-state index in [9.17, 15) is 0 Å². The molecule has 3 aromatic rings. The van der Waals surface area contributed by atoms with Crippen molar-refractivity contribution in [2.45, 2.75) is 13.3 Å². The summed E-state index contributed by atoms with van der Waals surface area (Å²) in [5.74, 6) is 0.776. The molecule has 20 heavy (non-hydrogen) atoms. The van der Waals surface area contributed by atoms with E-state index in [0.29, 0.717) is 0 Å². The molecular formula is C15H15N5. The Morgan fingerprint density at radius 2 is 1.90 bits per heavy atom. The van der Waals surface area contributed by atoms with Crippen LogP contribution in [-0.2, 0) is 6.42 Å². The predicted molar refractivity (Wildman–Crippen MR) is 78.4 cm³/mol. The number of nitrogens with two attached hydrogens (primary N) is 1. The third-order valence-electron chi connectivity index (χ3n) is 3.13. The maximum Gasteiger partial charge on any atom is 0.156 e. The molecule has 2 aromatic heterocycles. The number of hydrogen-bond donors (Lipinski definition) is 1. The Balaban J connectivity index is 1.95. The minimum atomic E-state index is 0.754. The first-order valence-electron chi connectivity index (χ1n) is 6.48. The largest absolute Gasteiger partial charge is 0.399 e. The van der Waals surface area contributed by atoms with Crippen molar-refractivity contribution in [2.24, 2.45) is 0 Å². The number of benzene rings is 1. The topological polar surface area (TPSA) is 69.6 Å². The highest BCUT2D eigenvalue weighted by Gasteiger charge is 2.05. The third-order valence-corrected chi connectivity index (χ3v) is 3.13. The maximum atomic E-state index is 5.70. The molecule has 0 aliphatic rings. The van der Waals surface area contributed by atoms with Gasteiger partial charge in [-0.15, -0.1) is 0 Å². The van der Waals surface area contributed by atoms with Gasteiger partial charge in [0.25, 0.3) is 0 Å². The average Bonchev–Trinajstić information content (AvgIpc) is 2.98. The predicted octanol–water partition coefficient (Wildman–Crippen LogP) is 2.47. The van der Waals surface area contributed by atoms with Gasteiger partial charge in [0, 0.05) is 29.2 Å². The lowest BCUT2D eigenvalue weighted by atomic mass is 10.1. The first kappa shape index (κ1) is 12.3. The van der Waals surface area contributed by atoms with Crippen LogP contribution in [-0.4, -0.2) is 19.7 Å². The standard InChI is InChI=1S/C15H15N5/c1-2-14-7-15(18-10-17-14)20-9-12(8-19-20)11-3-5-13(16)6-4-11/h3-10H,2,16H2,1H3.